The average Bonchev–Trinajstić information content (AvgIpc) is 3.08. The van der Waals surface area contributed by atoms with Gasteiger partial charge in [-0.25, -0.2) is 15.0 Å². The van der Waals surface area contributed by atoms with Gasteiger partial charge in [-0.15, -0.1) is 9.42 Å². The number of hydrogen-bond acceptors (Lipinski definition) is 9. The van der Waals surface area contributed by atoms with Crippen LogP contribution in [0.3, 0.4) is 0 Å². The Balaban J connectivity index is 2.00. The number of nitrogens with zero attached hydrogens (tertiary/aromatic N) is 4. The standard InChI is InChI=1S/C11H14N5O6P/c1-20-8-7(22-23(18)19)5(2-17)21-11(8)16-4-15-6-9(12)13-3-14-10(6)16/h3-5,7-8,11,17H,2H2,1H3,(H2-,12,13,14,18,19)/p+1/t5-,7?,8?,11-/m1/s1. The number of aromatic nitrogens is 4. The van der Waals surface area contributed by atoms with Crippen molar-refractivity contribution in [2.24, 2.45) is 0 Å². The molecule has 0 aromatic carbocycles. The van der Waals surface area contributed by atoms with Crippen LogP contribution in [0.5, 0.6) is 0 Å². The molecule has 11 nitrogen and oxygen atoms in total. The number of anilines is 1. The molecule has 0 saturated carbocycles. The van der Waals surface area contributed by atoms with E-state index in [9.17, 15) is 9.67 Å². The van der Waals surface area contributed by atoms with Crippen molar-refractivity contribution in [3.63, 3.8) is 0 Å². The molecule has 3 rings (SSSR count). The molecule has 2 aromatic rings. The Kier molecular flexibility index (Phi) is 4.48. The SMILES string of the molecule is COC1C(O[P+](=O)O)[C@@H](CO)O[C@H]1n1cnc2c(N)ncnc21. The van der Waals surface area contributed by atoms with Crippen molar-refractivity contribution >= 4 is 25.2 Å². The molecule has 1 aliphatic heterocycles. The zero-order valence-electron chi connectivity index (χ0n) is 12.0. The third-order valence-corrected chi connectivity index (χ3v) is 4.03. The summed E-state index contributed by atoms with van der Waals surface area (Å²) in [6.07, 6.45) is -0.562. The van der Waals surface area contributed by atoms with Crippen LogP contribution in [0.1, 0.15) is 6.23 Å². The van der Waals surface area contributed by atoms with Crippen molar-refractivity contribution in [3.8, 4) is 0 Å². The Morgan fingerprint density at radius 2 is 2.22 bits per heavy atom. The van der Waals surface area contributed by atoms with Crippen LogP contribution in [-0.2, 0) is 18.6 Å². The molecule has 0 amide bonds. The molecule has 3 unspecified atom stereocenters. The van der Waals surface area contributed by atoms with E-state index in [1.54, 1.807) is 4.57 Å². The number of rotatable bonds is 5. The molecule has 23 heavy (non-hydrogen) atoms. The number of aliphatic hydroxyl groups excluding tert-OH is 1. The summed E-state index contributed by atoms with van der Waals surface area (Å²) in [5, 5.41) is 9.43. The molecule has 1 saturated heterocycles. The van der Waals surface area contributed by atoms with E-state index in [0.717, 1.165) is 0 Å². The van der Waals surface area contributed by atoms with Crippen LogP contribution in [-0.4, -0.2) is 61.5 Å². The average molecular weight is 344 g/mol. The summed E-state index contributed by atoms with van der Waals surface area (Å²) in [6, 6.07) is 0. The maximum Gasteiger partial charge on any atom is 0.695 e. The molecule has 3 heterocycles. The summed E-state index contributed by atoms with van der Waals surface area (Å²) in [5.74, 6) is 0.214. The smallest absolute Gasteiger partial charge is 0.394 e. The highest BCUT2D eigenvalue weighted by atomic mass is 31.1. The second kappa shape index (κ2) is 6.40. The zero-order chi connectivity index (χ0) is 16.6. The van der Waals surface area contributed by atoms with Crippen molar-refractivity contribution in [1.82, 2.24) is 19.5 Å². The number of nitrogen functional groups attached to an aromatic ring is 1. The number of hydrogen-bond donors (Lipinski definition) is 3. The number of fused-ring (bicyclic) bond motifs is 1. The molecule has 124 valence electrons. The first kappa shape index (κ1) is 16.1. The van der Waals surface area contributed by atoms with E-state index < -0.39 is 39.4 Å². The zero-order valence-corrected chi connectivity index (χ0v) is 12.9. The van der Waals surface area contributed by atoms with E-state index in [-0.39, 0.29) is 5.82 Å². The lowest BCUT2D eigenvalue weighted by molar-refractivity contribution is -0.0583. The number of nitrogens with two attached hydrogens (primary N) is 1. The summed E-state index contributed by atoms with van der Waals surface area (Å²) in [4.78, 5) is 21.1. The minimum atomic E-state index is -2.88. The molecule has 0 spiro atoms. The Labute approximate surface area is 131 Å². The van der Waals surface area contributed by atoms with Crippen molar-refractivity contribution < 1.29 is 28.6 Å². The normalized spacial score (nSPS) is 28.4. The van der Waals surface area contributed by atoms with Crippen LogP contribution in [0.25, 0.3) is 11.2 Å². The first-order valence-electron chi connectivity index (χ1n) is 6.61. The monoisotopic (exact) mass is 344 g/mol. The summed E-state index contributed by atoms with van der Waals surface area (Å²) >= 11 is 0. The number of aliphatic hydroxyl groups is 1. The quantitative estimate of drug-likeness (QED) is 0.596. The van der Waals surface area contributed by atoms with Crippen LogP contribution in [0.4, 0.5) is 5.82 Å². The number of ether oxygens (including phenoxy) is 2. The maximum absolute atomic E-state index is 11.0. The van der Waals surface area contributed by atoms with Gasteiger partial charge in [0.15, 0.2) is 23.8 Å². The fourth-order valence-corrected chi connectivity index (χ4v) is 3.08. The first-order chi connectivity index (χ1) is 11.1. The molecule has 4 N–H and O–H groups in total. The van der Waals surface area contributed by atoms with E-state index in [2.05, 4.69) is 15.0 Å². The highest BCUT2D eigenvalue weighted by Gasteiger charge is 2.51. The summed E-state index contributed by atoms with van der Waals surface area (Å²) < 4.78 is 28.6. The van der Waals surface area contributed by atoms with Gasteiger partial charge in [-0.05, 0) is 0 Å². The van der Waals surface area contributed by atoms with Crippen LogP contribution in [0, 0.1) is 0 Å². The van der Waals surface area contributed by atoms with Crippen LogP contribution >= 0.6 is 8.25 Å². The molecule has 1 aliphatic rings. The highest BCUT2D eigenvalue weighted by Crippen LogP contribution is 2.38. The summed E-state index contributed by atoms with van der Waals surface area (Å²) in [6.45, 7) is -0.409. The van der Waals surface area contributed by atoms with Gasteiger partial charge in [0, 0.05) is 11.7 Å². The van der Waals surface area contributed by atoms with Gasteiger partial charge >= 0.3 is 8.25 Å². The second-order valence-corrected chi connectivity index (χ2v) is 5.53. The second-order valence-electron chi connectivity index (χ2n) is 4.84. The molecule has 0 aliphatic carbocycles. The van der Waals surface area contributed by atoms with Crippen molar-refractivity contribution in [2.75, 3.05) is 19.5 Å². The van der Waals surface area contributed by atoms with E-state index in [1.165, 1.54) is 19.8 Å². The van der Waals surface area contributed by atoms with E-state index in [1.807, 2.05) is 0 Å². The summed E-state index contributed by atoms with van der Waals surface area (Å²) in [7, 11) is -1.48. The molecule has 1 fully saturated rings. The predicted molar refractivity (Wildman–Crippen MR) is 76.2 cm³/mol. The predicted octanol–water partition coefficient (Wildman–Crippen LogP) is -0.652. The molecule has 5 atom stereocenters. The van der Waals surface area contributed by atoms with Gasteiger partial charge in [-0.1, -0.05) is 0 Å². The molecular weight excluding hydrogens is 329 g/mol. The third-order valence-electron chi connectivity index (χ3n) is 3.61. The van der Waals surface area contributed by atoms with Gasteiger partial charge in [0.25, 0.3) is 0 Å². The van der Waals surface area contributed by atoms with Gasteiger partial charge in [-0.3, -0.25) is 4.57 Å². The van der Waals surface area contributed by atoms with Gasteiger partial charge in [0.1, 0.15) is 24.1 Å². The molecule has 12 heteroatoms. The molecule has 2 aromatic heterocycles. The number of imidazole rings is 1. The maximum atomic E-state index is 11.0. The van der Waals surface area contributed by atoms with Crippen LogP contribution in [0.15, 0.2) is 12.7 Å². The first-order valence-corrected chi connectivity index (χ1v) is 7.75. The summed E-state index contributed by atoms with van der Waals surface area (Å²) in [5.41, 5.74) is 6.55. The van der Waals surface area contributed by atoms with Crippen molar-refractivity contribution in [1.29, 1.82) is 0 Å². The molecule has 0 bridgehead atoms. The Hall–Kier alpha value is -1.75. The van der Waals surface area contributed by atoms with Gasteiger partial charge in [0.2, 0.25) is 0 Å². The van der Waals surface area contributed by atoms with E-state index >= 15 is 0 Å². The lowest BCUT2D eigenvalue weighted by Gasteiger charge is -2.19. The fraction of sp³-hybridized carbons (Fsp3) is 0.545. The van der Waals surface area contributed by atoms with E-state index in [0.29, 0.717) is 11.2 Å². The Morgan fingerprint density at radius 1 is 1.43 bits per heavy atom. The van der Waals surface area contributed by atoms with Gasteiger partial charge in [-0.2, -0.15) is 0 Å². The van der Waals surface area contributed by atoms with Gasteiger partial charge < -0.3 is 20.3 Å². The number of methoxy groups -OCH3 is 1. The van der Waals surface area contributed by atoms with Crippen LogP contribution in [0.2, 0.25) is 0 Å². The largest absolute Gasteiger partial charge is 0.695 e. The highest BCUT2D eigenvalue weighted by molar-refractivity contribution is 7.32. The van der Waals surface area contributed by atoms with Crippen LogP contribution < -0.4 is 5.73 Å². The lowest BCUT2D eigenvalue weighted by atomic mass is 10.1. The van der Waals surface area contributed by atoms with Crippen molar-refractivity contribution in [3.05, 3.63) is 12.7 Å². The Morgan fingerprint density at radius 3 is 2.87 bits per heavy atom. The van der Waals surface area contributed by atoms with Crippen molar-refractivity contribution in [2.45, 2.75) is 24.5 Å². The van der Waals surface area contributed by atoms with Gasteiger partial charge in [0.05, 0.1) is 12.9 Å². The molecule has 0 radical (unpaired) electrons. The Bertz CT molecular complexity index is 726. The fourth-order valence-electron chi connectivity index (χ4n) is 2.62. The van der Waals surface area contributed by atoms with E-state index in [4.69, 9.17) is 24.6 Å². The minimum Gasteiger partial charge on any atom is -0.394 e. The molecular formula is C11H15N5O6P+. The lowest BCUT2D eigenvalue weighted by Crippen LogP contribution is -2.35. The third kappa shape index (κ3) is 2.78. The topological polar surface area (TPSA) is 155 Å². The minimum absolute atomic E-state index is 0.214.